The molecule has 0 saturated carbocycles. The lowest BCUT2D eigenvalue weighted by atomic mass is 9.89. The molecule has 1 aromatic rings. The number of aliphatic hydroxyl groups is 1. The maximum atomic E-state index is 12.0. The summed E-state index contributed by atoms with van der Waals surface area (Å²) in [5.74, 6) is -0.813. The second kappa shape index (κ2) is 8.57. The van der Waals surface area contributed by atoms with Gasteiger partial charge in [-0.1, -0.05) is 37.3 Å². The van der Waals surface area contributed by atoms with Crippen molar-refractivity contribution in [2.75, 3.05) is 6.61 Å². The van der Waals surface area contributed by atoms with E-state index in [4.69, 9.17) is 4.74 Å². The van der Waals surface area contributed by atoms with Gasteiger partial charge in [-0.2, -0.15) is 0 Å². The highest BCUT2D eigenvalue weighted by Crippen LogP contribution is 2.22. The van der Waals surface area contributed by atoms with Crippen LogP contribution in [-0.2, 0) is 20.7 Å². The number of aryl methyl sites for hydroxylation is 1. The molecule has 0 radical (unpaired) electrons. The number of benzene rings is 1. The Kier molecular flexibility index (Phi) is 7.09. The van der Waals surface area contributed by atoms with E-state index in [1.165, 1.54) is 0 Å². The lowest BCUT2D eigenvalue weighted by Crippen LogP contribution is -2.42. The fourth-order valence-electron chi connectivity index (χ4n) is 2.22. The van der Waals surface area contributed by atoms with E-state index in [0.717, 1.165) is 5.56 Å². The highest BCUT2D eigenvalue weighted by atomic mass is 16.5. The first-order chi connectivity index (χ1) is 10.0. The number of ether oxygens (including phenoxy) is 1. The molecule has 116 valence electrons. The van der Waals surface area contributed by atoms with E-state index < -0.39 is 11.6 Å². The Morgan fingerprint density at radius 3 is 2.43 bits per heavy atom. The van der Waals surface area contributed by atoms with E-state index in [-0.39, 0.29) is 25.2 Å². The van der Waals surface area contributed by atoms with Gasteiger partial charge in [0.25, 0.3) is 0 Å². The lowest BCUT2D eigenvalue weighted by Gasteiger charge is -2.25. The van der Waals surface area contributed by atoms with Gasteiger partial charge in [0, 0.05) is 12.8 Å². The molecule has 0 aliphatic carbocycles. The van der Waals surface area contributed by atoms with Crippen LogP contribution >= 0.6 is 0 Å². The van der Waals surface area contributed by atoms with Crippen molar-refractivity contribution in [3.8, 4) is 0 Å². The average molecular weight is 292 g/mol. The summed E-state index contributed by atoms with van der Waals surface area (Å²) in [7, 11) is 0. The van der Waals surface area contributed by atoms with E-state index in [9.17, 15) is 14.7 Å². The minimum absolute atomic E-state index is 0.110. The Labute approximate surface area is 126 Å². The molecule has 0 aliphatic rings. The molecular weight excluding hydrogens is 268 g/mol. The molecule has 1 N–H and O–H groups in total. The fraction of sp³-hybridized carbons (Fsp3) is 0.529. The third-order valence-electron chi connectivity index (χ3n) is 3.34. The number of carbonyl (C=O) groups is 2. The Bertz CT molecular complexity index is 455. The number of hydrogen-bond acceptors (Lipinski definition) is 4. The molecule has 0 saturated heterocycles. The van der Waals surface area contributed by atoms with Crippen LogP contribution in [0.25, 0.3) is 0 Å². The highest BCUT2D eigenvalue weighted by molar-refractivity contribution is 5.88. The van der Waals surface area contributed by atoms with Gasteiger partial charge in [-0.3, -0.25) is 4.79 Å². The molecular formula is C17H24O4. The Hall–Kier alpha value is -1.68. The summed E-state index contributed by atoms with van der Waals surface area (Å²) in [6.45, 7) is 3.77. The van der Waals surface area contributed by atoms with E-state index >= 15 is 0 Å². The zero-order valence-corrected chi connectivity index (χ0v) is 12.8. The number of carbonyl (C=O) groups excluding carboxylic acids is 2. The van der Waals surface area contributed by atoms with Crippen molar-refractivity contribution in [3.05, 3.63) is 35.9 Å². The first-order valence-electron chi connectivity index (χ1n) is 7.47. The van der Waals surface area contributed by atoms with Gasteiger partial charge in [-0.15, -0.1) is 0 Å². The molecule has 0 bridgehead atoms. The normalized spacial score (nSPS) is 13.5. The Balaban J connectivity index is 2.75. The summed E-state index contributed by atoms with van der Waals surface area (Å²) in [5, 5.41) is 10.6. The summed E-state index contributed by atoms with van der Waals surface area (Å²) < 4.78 is 4.93. The van der Waals surface area contributed by atoms with Crippen LogP contribution in [0.4, 0.5) is 0 Å². The largest absolute Gasteiger partial charge is 0.464 e. The number of esters is 1. The molecule has 0 spiro atoms. The standard InChI is InChI=1S/C17H24O4/c1-3-8-15(18)13-17(20,16(19)21-4-2)12-11-14-9-6-5-7-10-14/h5-7,9-10,20H,3-4,8,11-13H2,1-2H3. The van der Waals surface area contributed by atoms with Gasteiger partial charge in [0.05, 0.1) is 6.61 Å². The average Bonchev–Trinajstić information content (AvgIpc) is 2.47. The van der Waals surface area contributed by atoms with Crippen LogP contribution in [0.2, 0.25) is 0 Å². The zero-order chi connectivity index (χ0) is 15.7. The van der Waals surface area contributed by atoms with Crippen molar-refractivity contribution >= 4 is 11.8 Å². The second-order valence-electron chi connectivity index (χ2n) is 5.20. The van der Waals surface area contributed by atoms with E-state index in [1.54, 1.807) is 6.92 Å². The van der Waals surface area contributed by atoms with Crippen molar-refractivity contribution in [3.63, 3.8) is 0 Å². The minimum atomic E-state index is -1.72. The molecule has 4 heteroatoms. The molecule has 0 heterocycles. The third kappa shape index (κ3) is 5.68. The van der Waals surface area contributed by atoms with Crippen molar-refractivity contribution in [1.29, 1.82) is 0 Å². The van der Waals surface area contributed by atoms with Gasteiger partial charge >= 0.3 is 5.97 Å². The van der Waals surface area contributed by atoms with Crippen LogP contribution in [0.5, 0.6) is 0 Å². The van der Waals surface area contributed by atoms with Gasteiger partial charge in [-0.05, 0) is 31.7 Å². The SMILES string of the molecule is CCCC(=O)CC(O)(CCc1ccccc1)C(=O)OCC. The van der Waals surface area contributed by atoms with Crippen LogP contribution in [0, 0.1) is 0 Å². The molecule has 1 atom stereocenters. The summed E-state index contributed by atoms with van der Waals surface area (Å²) >= 11 is 0. The van der Waals surface area contributed by atoms with Gasteiger partial charge < -0.3 is 9.84 Å². The van der Waals surface area contributed by atoms with Crippen LogP contribution in [0.15, 0.2) is 30.3 Å². The summed E-state index contributed by atoms with van der Waals surface area (Å²) in [6, 6.07) is 9.58. The van der Waals surface area contributed by atoms with Gasteiger partial charge in [0.2, 0.25) is 0 Å². The maximum Gasteiger partial charge on any atom is 0.338 e. The number of Topliss-reactive ketones (excluding diaryl/α,β-unsaturated/α-hetero) is 1. The monoisotopic (exact) mass is 292 g/mol. The highest BCUT2D eigenvalue weighted by Gasteiger charge is 2.39. The Morgan fingerprint density at radius 2 is 1.86 bits per heavy atom. The molecule has 1 rings (SSSR count). The first-order valence-corrected chi connectivity index (χ1v) is 7.47. The third-order valence-corrected chi connectivity index (χ3v) is 3.34. The Morgan fingerprint density at radius 1 is 1.19 bits per heavy atom. The maximum absolute atomic E-state index is 12.0. The van der Waals surface area contributed by atoms with Crippen LogP contribution in [0.1, 0.15) is 45.1 Å². The van der Waals surface area contributed by atoms with Gasteiger partial charge in [0.1, 0.15) is 5.78 Å². The van der Waals surface area contributed by atoms with E-state index in [1.807, 2.05) is 37.3 Å². The molecule has 4 nitrogen and oxygen atoms in total. The van der Waals surface area contributed by atoms with Crippen LogP contribution in [0.3, 0.4) is 0 Å². The molecule has 0 aromatic heterocycles. The number of hydrogen-bond donors (Lipinski definition) is 1. The van der Waals surface area contributed by atoms with E-state index in [2.05, 4.69) is 0 Å². The first kappa shape index (κ1) is 17.4. The lowest BCUT2D eigenvalue weighted by molar-refractivity contribution is -0.168. The smallest absolute Gasteiger partial charge is 0.338 e. The summed E-state index contributed by atoms with van der Waals surface area (Å²) in [4.78, 5) is 23.8. The second-order valence-corrected chi connectivity index (χ2v) is 5.20. The van der Waals surface area contributed by atoms with Gasteiger partial charge in [-0.25, -0.2) is 4.79 Å². The number of rotatable bonds is 9. The molecule has 1 unspecified atom stereocenters. The quantitative estimate of drug-likeness (QED) is 0.711. The summed E-state index contributed by atoms with van der Waals surface area (Å²) in [5.41, 5.74) is -0.707. The molecule has 0 amide bonds. The predicted octanol–water partition coefficient (Wildman–Crippen LogP) is 2.67. The van der Waals surface area contributed by atoms with Crippen molar-refractivity contribution in [2.24, 2.45) is 0 Å². The van der Waals surface area contributed by atoms with Crippen molar-refractivity contribution in [1.82, 2.24) is 0 Å². The molecule has 0 fully saturated rings. The number of ketones is 1. The molecule has 1 aromatic carbocycles. The minimum Gasteiger partial charge on any atom is -0.464 e. The topological polar surface area (TPSA) is 63.6 Å². The molecule has 0 aliphatic heterocycles. The fourth-order valence-corrected chi connectivity index (χ4v) is 2.22. The van der Waals surface area contributed by atoms with Crippen LogP contribution < -0.4 is 0 Å². The van der Waals surface area contributed by atoms with Crippen LogP contribution in [-0.4, -0.2) is 29.1 Å². The predicted molar refractivity (Wildman–Crippen MR) is 80.9 cm³/mol. The van der Waals surface area contributed by atoms with Crippen molar-refractivity contribution < 1.29 is 19.4 Å². The molecule has 21 heavy (non-hydrogen) atoms. The van der Waals surface area contributed by atoms with Crippen molar-refractivity contribution in [2.45, 2.75) is 51.6 Å². The van der Waals surface area contributed by atoms with E-state index in [0.29, 0.717) is 19.3 Å². The summed E-state index contributed by atoms with van der Waals surface area (Å²) in [6.07, 6.45) is 1.61. The zero-order valence-electron chi connectivity index (χ0n) is 12.8. The van der Waals surface area contributed by atoms with Gasteiger partial charge in [0.15, 0.2) is 5.60 Å².